The van der Waals surface area contributed by atoms with E-state index in [1.54, 1.807) is 6.08 Å². The van der Waals surface area contributed by atoms with Gasteiger partial charge in [-0.05, 0) is 56.9 Å². The number of hydrogen-bond donors (Lipinski definition) is 0. The van der Waals surface area contributed by atoms with Crippen LogP contribution >= 0.6 is 0 Å². The van der Waals surface area contributed by atoms with Crippen LogP contribution in [0, 0.1) is 17.3 Å². The molecule has 1 spiro atoms. The molecule has 0 amide bonds. The van der Waals surface area contributed by atoms with Crippen molar-refractivity contribution in [3.63, 3.8) is 0 Å². The Hall–Kier alpha value is -0.930. The summed E-state index contributed by atoms with van der Waals surface area (Å²) in [5.41, 5.74) is 0.426. The van der Waals surface area contributed by atoms with Crippen molar-refractivity contribution >= 4 is 6.29 Å². The van der Waals surface area contributed by atoms with Gasteiger partial charge in [-0.2, -0.15) is 0 Å². The molecular formula is C23H38O3. The number of rotatable bonds is 8. The van der Waals surface area contributed by atoms with Crippen molar-refractivity contribution in [2.45, 2.75) is 84.3 Å². The quantitative estimate of drug-likeness (QED) is 0.235. The first-order valence-electron chi connectivity index (χ1n) is 10.7. The molecule has 3 nitrogen and oxygen atoms in total. The first-order chi connectivity index (χ1) is 12.7. The van der Waals surface area contributed by atoms with E-state index in [-0.39, 0.29) is 6.29 Å². The maximum Gasteiger partial charge on any atom is 0.154 e. The maximum atomic E-state index is 9.89. The normalized spacial score (nSPS) is 33.1. The van der Waals surface area contributed by atoms with Gasteiger partial charge in [-0.3, -0.25) is 4.79 Å². The molecule has 2 aliphatic carbocycles. The molecule has 1 saturated heterocycles. The van der Waals surface area contributed by atoms with Gasteiger partial charge in [0, 0.05) is 5.41 Å². The van der Waals surface area contributed by atoms with Crippen molar-refractivity contribution in [1.82, 2.24) is 0 Å². The first kappa shape index (κ1) is 21.4. The van der Waals surface area contributed by atoms with Crippen molar-refractivity contribution in [3.05, 3.63) is 24.3 Å². The lowest BCUT2D eigenvalue weighted by atomic mass is 9.74. The van der Waals surface area contributed by atoms with Gasteiger partial charge in [-0.25, -0.2) is 0 Å². The largest absolute Gasteiger partial charge is 0.352 e. The number of fused-ring (bicyclic) bond motifs is 3. The number of hydrogen-bond acceptors (Lipinski definition) is 3. The average molecular weight is 363 g/mol. The fraction of sp³-hybridized carbons (Fsp3) is 0.783. The topological polar surface area (TPSA) is 35.5 Å². The number of carbonyl (C=O) groups excluding carboxylic acids is 1. The fourth-order valence-corrected chi connectivity index (χ4v) is 4.72. The standard InChI is InChI=1S/C12H20O.C11H18O2/c1-2-3-4-5-6-7-8-9-10-11-12-13;1-8-12-6-11(7-13-8)5-9-2-3-10(11)4-9/h8-12H,2-7H2,1H3;8-10H,2-7H2,1H3. The molecule has 3 heteroatoms. The zero-order valence-electron chi connectivity index (χ0n) is 16.8. The van der Waals surface area contributed by atoms with E-state index in [0.29, 0.717) is 5.41 Å². The van der Waals surface area contributed by atoms with Crippen molar-refractivity contribution in [1.29, 1.82) is 0 Å². The summed E-state index contributed by atoms with van der Waals surface area (Å²) in [6, 6.07) is 0. The van der Waals surface area contributed by atoms with Crippen LogP contribution in [0.5, 0.6) is 0 Å². The Morgan fingerprint density at radius 2 is 1.77 bits per heavy atom. The van der Waals surface area contributed by atoms with Gasteiger partial charge < -0.3 is 9.47 Å². The van der Waals surface area contributed by atoms with Crippen LogP contribution in [-0.2, 0) is 14.3 Å². The molecule has 0 radical (unpaired) electrons. The summed E-state index contributed by atoms with van der Waals surface area (Å²) in [5, 5.41) is 0. The van der Waals surface area contributed by atoms with Gasteiger partial charge in [0.15, 0.2) is 6.29 Å². The lowest BCUT2D eigenvalue weighted by molar-refractivity contribution is -0.231. The molecule has 2 bridgehead atoms. The van der Waals surface area contributed by atoms with Gasteiger partial charge in [-0.1, -0.05) is 57.3 Å². The minimum absolute atomic E-state index is 0.0322. The zero-order chi connectivity index (χ0) is 18.7. The molecule has 26 heavy (non-hydrogen) atoms. The smallest absolute Gasteiger partial charge is 0.154 e. The van der Waals surface area contributed by atoms with Crippen LogP contribution in [-0.4, -0.2) is 25.8 Å². The molecule has 0 N–H and O–H groups in total. The SMILES string of the molecule is CC1OCC2(CO1)CC1CCC2C1.CCCCCCCC=CC=CC=O. The monoisotopic (exact) mass is 362 g/mol. The van der Waals surface area contributed by atoms with Crippen LogP contribution < -0.4 is 0 Å². The van der Waals surface area contributed by atoms with Crippen LogP contribution in [0.2, 0.25) is 0 Å². The zero-order valence-corrected chi connectivity index (χ0v) is 16.8. The highest BCUT2D eigenvalue weighted by Gasteiger charge is 2.52. The van der Waals surface area contributed by atoms with Crippen molar-refractivity contribution in [2.75, 3.05) is 13.2 Å². The Labute approximate surface area is 160 Å². The van der Waals surface area contributed by atoms with Gasteiger partial charge in [0.25, 0.3) is 0 Å². The van der Waals surface area contributed by atoms with Crippen LogP contribution in [0.15, 0.2) is 24.3 Å². The number of allylic oxidation sites excluding steroid dienone is 4. The van der Waals surface area contributed by atoms with Crippen LogP contribution in [0.3, 0.4) is 0 Å². The number of unbranched alkanes of at least 4 members (excludes halogenated alkanes) is 5. The second kappa shape index (κ2) is 11.7. The van der Waals surface area contributed by atoms with E-state index in [1.807, 2.05) is 13.0 Å². The molecule has 2 saturated carbocycles. The Balaban J connectivity index is 0.000000187. The first-order valence-corrected chi connectivity index (χ1v) is 10.7. The molecule has 3 rings (SSSR count). The van der Waals surface area contributed by atoms with E-state index in [0.717, 1.165) is 37.8 Å². The molecule has 0 aromatic heterocycles. The van der Waals surface area contributed by atoms with E-state index >= 15 is 0 Å². The molecule has 0 aromatic carbocycles. The summed E-state index contributed by atoms with van der Waals surface area (Å²) in [6.07, 6.45) is 21.6. The highest BCUT2D eigenvalue weighted by atomic mass is 16.7. The predicted molar refractivity (Wildman–Crippen MR) is 107 cm³/mol. The third-order valence-corrected chi connectivity index (χ3v) is 6.22. The number of aldehydes is 1. The van der Waals surface area contributed by atoms with Crippen molar-refractivity contribution in [2.24, 2.45) is 17.3 Å². The molecule has 1 heterocycles. The Morgan fingerprint density at radius 1 is 1.00 bits per heavy atom. The lowest BCUT2D eigenvalue weighted by Crippen LogP contribution is -2.44. The minimum atomic E-state index is 0.0322. The van der Waals surface area contributed by atoms with Gasteiger partial charge in [0.1, 0.15) is 6.29 Å². The van der Waals surface area contributed by atoms with Gasteiger partial charge >= 0.3 is 0 Å². The predicted octanol–water partition coefficient (Wildman–Crippen LogP) is 5.84. The van der Waals surface area contributed by atoms with Gasteiger partial charge in [0.05, 0.1) is 13.2 Å². The third-order valence-electron chi connectivity index (χ3n) is 6.22. The van der Waals surface area contributed by atoms with E-state index in [2.05, 4.69) is 13.0 Å². The summed E-state index contributed by atoms with van der Waals surface area (Å²) in [7, 11) is 0. The van der Waals surface area contributed by atoms with Crippen LogP contribution in [0.1, 0.15) is 78.1 Å². The van der Waals surface area contributed by atoms with E-state index in [9.17, 15) is 4.79 Å². The minimum Gasteiger partial charge on any atom is -0.352 e. The molecule has 0 aromatic rings. The van der Waals surface area contributed by atoms with Crippen LogP contribution in [0.4, 0.5) is 0 Å². The van der Waals surface area contributed by atoms with E-state index in [4.69, 9.17) is 9.47 Å². The highest BCUT2D eigenvalue weighted by molar-refractivity contribution is 5.65. The fourth-order valence-electron chi connectivity index (χ4n) is 4.72. The molecule has 148 valence electrons. The maximum absolute atomic E-state index is 9.89. The molecule has 2 unspecified atom stereocenters. The summed E-state index contributed by atoms with van der Waals surface area (Å²) in [4.78, 5) is 9.89. The second-order valence-electron chi connectivity index (χ2n) is 8.28. The number of carbonyl (C=O) groups is 1. The summed E-state index contributed by atoms with van der Waals surface area (Å²) >= 11 is 0. The van der Waals surface area contributed by atoms with Crippen LogP contribution in [0.25, 0.3) is 0 Å². The average Bonchev–Trinajstić information content (AvgIpc) is 3.25. The molecular weight excluding hydrogens is 324 g/mol. The molecule has 3 aliphatic rings. The summed E-state index contributed by atoms with van der Waals surface area (Å²) in [5.74, 6) is 1.90. The second-order valence-corrected chi connectivity index (χ2v) is 8.28. The summed E-state index contributed by atoms with van der Waals surface area (Å²) in [6.45, 7) is 6.13. The number of ether oxygens (including phenoxy) is 2. The molecule has 3 fully saturated rings. The molecule has 2 atom stereocenters. The highest BCUT2D eigenvalue weighted by Crippen LogP contribution is 2.57. The van der Waals surface area contributed by atoms with Crippen molar-refractivity contribution < 1.29 is 14.3 Å². The Bertz CT molecular complexity index is 446. The lowest BCUT2D eigenvalue weighted by Gasteiger charge is -2.42. The van der Waals surface area contributed by atoms with Crippen molar-refractivity contribution in [3.8, 4) is 0 Å². The van der Waals surface area contributed by atoms with Gasteiger partial charge in [0.2, 0.25) is 0 Å². The van der Waals surface area contributed by atoms with E-state index < -0.39 is 0 Å². The molecule has 1 aliphatic heterocycles. The Kier molecular flexibility index (Phi) is 9.63. The third kappa shape index (κ3) is 6.66. The van der Waals surface area contributed by atoms with Gasteiger partial charge in [-0.15, -0.1) is 0 Å². The van der Waals surface area contributed by atoms with E-state index in [1.165, 1.54) is 63.9 Å². The summed E-state index contributed by atoms with van der Waals surface area (Å²) < 4.78 is 11.3. The Morgan fingerprint density at radius 3 is 2.38 bits per heavy atom.